The molecule has 0 fully saturated rings. The number of ether oxygens (including phenoxy) is 1. The van der Waals surface area contributed by atoms with E-state index in [4.69, 9.17) is 9.57 Å². The summed E-state index contributed by atoms with van der Waals surface area (Å²) in [4.78, 5) is 21.4. The second kappa shape index (κ2) is 10.4. The van der Waals surface area contributed by atoms with E-state index in [1.165, 1.54) is 14.2 Å². The lowest BCUT2D eigenvalue weighted by atomic mass is 10.0. The monoisotopic (exact) mass is 419 g/mol. The smallest absolute Gasteiger partial charge is 0.273 e. The van der Waals surface area contributed by atoms with E-state index >= 15 is 0 Å². The SMILES string of the molecule is CNC(=O)/C(=N\OC)c1ccccc1COc1ncc(C(O)c2ccccc2)cc1C. The van der Waals surface area contributed by atoms with Gasteiger partial charge in [0, 0.05) is 29.9 Å². The maximum absolute atomic E-state index is 12.2. The number of benzene rings is 2. The Balaban J connectivity index is 1.79. The number of aliphatic hydroxyl groups is 1. The summed E-state index contributed by atoms with van der Waals surface area (Å²) in [6.07, 6.45) is 0.844. The molecule has 1 aromatic heterocycles. The van der Waals surface area contributed by atoms with Crippen molar-refractivity contribution in [3.05, 3.63) is 94.7 Å². The summed E-state index contributed by atoms with van der Waals surface area (Å²) in [5.74, 6) is 0.0897. The summed E-state index contributed by atoms with van der Waals surface area (Å²) in [5, 5.41) is 17.0. The predicted octanol–water partition coefficient (Wildman–Crippen LogP) is 3.15. The number of carbonyl (C=O) groups excluding carboxylic acids is 1. The molecule has 0 spiro atoms. The highest BCUT2D eigenvalue weighted by Gasteiger charge is 2.18. The number of carbonyl (C=O) groups is 1. The van der Waals surface area contributed by atoms with Crippen LogP contribution in [0.25, 0.3) is 0 Å². The highest BCUT2D eigenvalue weighted by Crippen LogP contribution is 2.25. The summed E-state index contributed by atoms with van der Waals surface area (Å²) < 4.78 is 5.93. The Morgan fingerprint density at radius 1 is 1.13 bits per heavy atom. The summed E-state index contributed by atoms with van der Waals surface area (Å²) in [6.45, 7) is 2.06. The molecular weight excluding hydrogens is 394 g/mol. The molecule has 1 atom stereocenters. The van der Waals surface area contributed by atoms with Gasteiger partial charge in [-0.15, -0.1) is 0 Å². The number of hydrogen-bond acceptors (Lipinski definition) is 6. The molecule has 2 N–H and O–H groups in total. The molecule has 1 amide bonds. The summed E-state index contributed by atoms with van der Waals surface area (Å²) in [5.41, 5.74) is 3.81. The van der Waals surface area contributed by atoms with Gasteiger partial charge in [-0.05, 0) is 24.1 Å². The molecule has 0 radical (unpaired) electrons. The zero-order valence-electron chi connectivity index (χ0n) is 17.7. The van der Waals surface area contributed by atoms with Crippen LogP contribution in [-0.4, -0.2) is 35.9 Å². The minimum absolute atomic E-state index is 0.162. The lowest BCUT2D eigenvalue weighted by Crippen LogP contribution is -2.29. The molecule has 0 aliphatic heterocycles. The fraction of sp³-hybridized carbons (Fsp3) is 0.208. The molecule has 7 nitrogen and oxygen atoms in total. The van der Waals surface area contributed by atoms with Crippen molar-refractivity contribution in [2.75, 3.05) is 14.2 Å². The van der Waals surface area contributed by atoms with Crippen LogP contribution in [0.15, 0.2) is 72.0 Å². The molecule has 31 heavy (non-hydrogen) atoms. The molecular formula is C24H25N3O4. The van der Waals surface area contributed by atoms with E-state index in [9.17, 15) is 9.90 Å². The van der Waals surface area contributed by atoms with Crippen LogP contribution in [0.4, 0.5) is 0 Å². The van der Waals surface area contributed by atoms with Crippen LogP contribution >= 0.6 is 0 Å². The average molecular weight is 419 g/mol. The van der Waals surface area contributed by atoms with Crippen molar-refractivity contribution in [2.45, 2.75) is 19.6 Å². The third kappa shape index (κ3) is 5.26. The van der Waals surface area contributed by atoms with Gasteiger partial charge in [-0.1, -0.05) is 59.8 Å². The minimum Gasteiger partial charge on any atom is -0.473 e. The number of oxime groups is 1. The number of hydrogen-bond donors (Lipinski definition) is 2. The van der Waals surface area contributed by atoms with E-state index in [1.807, 2.05) is 61.5 Å². The zero-order valence-corrected chi connectivity index (χ0v) is 17.7. The van der Waals surface area contributed by atoms with Crippen LogP contribution in [0.2, 0.25) is 0 Å². The second-order valence-electron chi connectivity index (χ2n) is 6.85. The van der Waals surface area contributed by atoms with E-state index in [0.717, 1.165) is 16.7 Å². The van der Waals surface area contributed by atoms with Crippen molar-refractivity contribution >= 4 is 11.6 Å². The normalized spacial score (nSPS) is 12.2. The van der Waals surface area contributed by atoms with E-state index in [0.29, 0.717) is 17.0 Å². The van der Waals surface area contributed by atoms with Crippen LogP contribution < -0.4 is 10.1 Å². The Hall–Kier alpha value is -3.71. The molecule has 0 saturated carbocycles. The fourth-order valence-electron chi connectivity index (χ4n) is 3.16. The van der Waals surface area contributed by atoms with Crippen molar-refractivity contribution in [1.82, 2.24) is 10.3 Å². The third-order valence-electron chi connectivity index (χ3n) is 4.74. The molecule has 160 valence electrons. The lowest BCUT2D eigenvalue weighted by molar-refractivity contribution is -0.114. The first-order chi connectivity index (χ1) is 15.0. The fourth-order valence-corrected chi connectivity index (χ4v) is 3.16. The van der Waals surface area contributed by atoms with Crippen LogP contribution in [-0.2, 0) is 16.2 Å². The number of pyridine rings is 1. The molecule has 0 aliphatic rings. The van der Waals surface area contributed by atoms with Crippen molar-refractivity contribution in [2.24, 2.45) is 5.16 Å². The highest BCUT2D eigenvalue weighted by atomic mass is 16.6. The third-order valence-corrected chi connectivity index (χ3v) is 4.74. The highest BCUT2D eigenvalue weighted by molar-refractivity contribution is 6.45. The van der Waals surface area contributed by atoms with Gasteiger partial charge < -0.3 is 20.0 Å². The topological polar surface area (TPSA) is 93.0 Å². The van der Waals surface area contributed by atoms with Gasteiger partial charge in [-0.2, -0.15) is 0 Å². The number of amides is 1. The maximum atomic E-state index is 12.2. The van der Waals surface area contributed by atoms with Gasteiger partial charge in [0.15, 0.2) is 5.71 Å². The van der Waals surface area contributed by atoms with Crippen molar-refractivity contribution < 1.29 is 19.5 Å². The molecule has 3 aromatic rings. The zero-order chi connectivity index (χ0) is 22.2. The Morgan fingerprint density at radius 3 is 2.52 bits per heavy atom. The number of aromatic nitrogens is 1. The number of nitrogens with zero attached hydrogens (tertiary/aromatic N) is 2. The summed E-state index contributed by atoms with van der Waals surface area (Å²) in [6, 6.07) is 18.6. The number of rotatable bonds is 8. The Kier molecular flexibility index (Phi) is 7.35. The van der Waals surface area contributed by atoms with Crippen molar-refractivity contribution in [3.8, 4) is 5.88 Å². The van der Waals surface area contributed by atoms with E-state index in [2.05, 4.69) is 15.5 Å². The van der Waals surface area contributed by atoms with Gasteiger partial charge in [0.1, 0.15) is 19.8 Å². The van der Waals surface area contributed by atoms with Gasteiger partial charge in [-0.3, -0.25) is 4.79 Å². The molecule has 7 heteroatoms. The van der Waals surface area contributed by atoms with Gasteiger partial charge in [0.25, 0.3) is 5.91 Å². The van der Waals surface area contributed by atoms with Crippen LogP contribution in [0, 0.1) is 6.92 Å². The Morgan fingerprint density at radius 2 is 1.84 bits per heavy atom. The largest absolute Gasteiger partial charge is 0.473 e. The first-order valence-corrected chi connectivity index (χ1v) is 9.79. The summed E-state index contributed by atoms with van der Waals surface area (Å²) in [7, 11) is 2.92. The van der Waals surface area contributed by atoms with Crippen LogP contribution in [0.5, 0.6) is 5.88 Å². The number of aryl methyl sites for hydroxylation is 1. The first-order valence-electron chi connectivity index (χ1n) is 9.79. The molecule has 3 rings (SSSR count). The Bertz CT molecular complexity index is 1070. The Labute approximate surface area is 181 Å². The van der Waals surface area contributed by atoms with Gasteiger partial charge in [-0.25, -0.2) is 4.98 Å². The standard InChI is InChI=1S/C24H25N3O4/c1-16-13-19(22(28)17-9-5-4-6-10-17)14-26-24(16)31-15-18-11-7-8-12-20(18)21(27-30-3)23(29)25-2/h4-14,22,28H,15H2,1-3H3,(H,25,29)/b27-21-. The predicted molar refractivity (Wildman–Crippen MR) is 118 cm³/mol. The molecule has 0 saturated heterocycles. The van der Waals surface area contributed by atoms with E-state index in [1.54, 1.807) is 12.3 Å². The average Bonchev–Trinajstić information content (AvgIpc) is 2.81. The molecule has 1 unspecified atom stereocenters. The molecule has 2 aromatic carbocycles. The first kappa shape index (κ1) is 22.0. The lowest BCUT2D eigenvalue weighted by Gasteiger charge is -2.15. The minimum atomic E-state index is -0.762. The second-order valence-corrected chi connectivity index (χ2v) is 6.85. The van der Waals surface area contributed by atoms with Gasteiger partial charge >= 0.3 is 0 Å². The quantitative estimate of drug-likeness (QED) is 0.432. The number of aliphatic hydroxyl groups excluding tert-OH is 1. The molecule has 1 heterocycles. The van der Waals surface area contributed by atoms with E-state index in [-0.39, 0.29) is 18.2 Å². The summed E-state index contributed by atoms with van der Waals surface area (Å²) >= 11 is 0. The van der Waals surface area contributed by atoms with Crippen molar-refractivity contribution in [1.29, 1.82) is 0 Å². The van der Waals surface area contributed by atoms with Crippen LogP contribution in [0.1, 0.15) is 33.9 Å². The maximum Gasteiger partial charge on any atom is 0.273 e. The molecule has 0 bridgehead atoms. The van der Waals surface area contributed by atoms with Gasteiger partial charge in [0.2, 0.25) is 5.88 Å². The van der Waals surface area contributed by atoms with Crippen molar-refractivity contribution in [3.63, 3.8) is 0 Å². The van der Waals surface area contributed by atoms with E-state index < -0.39 is 6.10 Å². The van der Waals surface area contributed by atoms with Crippen LogP contribution in [0.3, 0.4) is 0 Å². The molecule has 0 aliphatic carbocycles. The number of nitrogens with one attached hydrogen (secondary N) is 1. The number of likely N-dealkylation sites (N-methyl/N-ethyl adjacent to an activating group) is 1. The van der Waals surface area contributed by atoms with Gasteiger partial charge in [0.05, 0.1) is 0 Å².